The molecule has 1 amide bonds. The summed E-state index contributed by atoms with van der Waals surface area (Å²) >= 11 is 1.67. The van der Waals surface area contributed by atoms with Gasteiger partial charge in [-0.2, -0.15) is 0 Å². The van der Waals surface area contributed by atoms with Crippen molar-refractivity contribution in [2.24, 2.45) is 0 Å². The smallest absolute Gasteiger partial charge is 0.253 e. The van der Waals surface area contributed by atoms with E-state index >= 15 is 0 Å². The molecule has 1 aromatic carbocycles. The van der Waals surface area contributed by atoms with Crippen molar-refractivity contribution in [2.45, 2.75) is 6.54 Å². The molecule has 3 nitrogen and oxygen atoms in total. The summed E-state index contributed by atoms with van der Waals surface area (Å²) in [6.07, 6.45) is 1.88. The van der Waals surface area contributed by atoms with Crippen LogP contribution in [0.1, 0.15) is 15.2 Å². The van der Waals surface area contributed by atoms with Crippen LogP contribution < -0.4 is 0 Å². The summed E-state index contributed by atoms with van der Waals surface area (Å²) < 4.78 is 0. The lowest BCUT2D eigenvalue weighted by Gasteiger charge is -2.16. The number of rotatable bonds is 3. The van der Waals surface area contributed by atoms with Crippen LogP contribution in [0, 0.1) is 0 Å². The molecule has 3 rings (SSSR count). The lowest BCUT2D eigenvalue weighted by atomic mass is 10.1. The van der Waals surface area contributed by atoms with Crippen molar-refractivity contribution in [1.82, 2.24) is 9.88 Å². The molecule has 0 aliphatic heterocycles. The first-order valence-electron chi connectivity index (χ1n) is 6.09. The Hall–Kier alpha value is -2.07. The van der Waals surface area contributed by atoms with Crippen molar-refractivity contribution in [1.29, 1.82) is 0 Å². The van der Waals surface area contributed by atoms with Gasteiger partial charge in [0.25, 0.3) is 5.91 Å². The van der Waals surface area contributed by atoms with E-state index in [2.05, 4.69) is 4.98 Å². The first-order valence-corrected chi connectivity index (χ1v) is 6.97. The number of amides is 1. The van der Waals surface area contributed by atoms with Crippen LogP contribution in [-0.2, 0) is 6.54 Å². The molecular formula is C15H14N2OS. The Morgan fingerprint density at radius 1 is 1.32 bits per heavy atom. The van der Waals surface area contributed by atoms with Gasteiger partial charge in [0.1, 0.15) is 0 Å². The van der Waals surface area contributed by atoms with Crippen LogP contribution >= 0.6 is 11.3 Å². The largest absolute Gasteiger partial charge is 0.361 e. The molecule has 0 atom stereocenters. The highest BCUT2D eigenvalue weighted by Crippen LogP contribution is 2.17. The molecule has 1 N–H and O–H groups in total. The van der Waals surface area contributed by atoms with Gasteiger partial charge >= 0.3 is 0 Å². The fraction of sp³-hybridized carbons (Fsp3) is 0.133. The lowest BCUT2D eigenvalue weighted by Crippen LogP contribution is -2.25. The van der Waals surface area contributed by atoms with E-state index in [1.54, 1.807) is 16.2 Å². The Morgan fingerprint density at radius 3 is 3.00 bits per heavy atom. The summed E-state index contributed by atoms with van der Waals surface area (Å²) in [6, 6.07) is 11.8. The number of nitrogens with zero attached hydrogens (tertiary/aromatic N) is 1. The molecule has 2 heterocycles. The highest BCUT2D eigenvalue weighted by molar-refractivity contribution is 7.09. The van der Waals surface area contributed by atoms with E-state index in [1.165, 1.54) is 4.88 Å². The molecule has 19 heavy (non-hydrogen) atoms. The van der Waals surface area contributed by atoms with Gasteiger partial charge in [0, 0.05) is 34.6 Å². The van der Waals surface area contributed by atoms with Crippen LogP contribution in [0.4, 0.5) is 0 Å². The van der Waals surface area contributed by atoms with Gasteiger partial charge in [0.15, 0.2) is 0 Å². The van der Waals surface area contributed by atoms with Crippen molar-refractivity contribution in [3.63, 3.8) is 0 Å². The summed E-state index contributed by atoms with van der Waals surface area (Å²) in [7, 11) is 1.84. The Balaban J connectivity index is 1.82. The normalized spacial score (nSPS) is 10.8. The van der Waals surface area contributed by atoms with Crippen molar-refractivity contribution in [2.75, 3.05) is 7.05 Å². The Labute approximate surface area is 115 Å². The molecule has 4 heteroatoms. The van der Waals surface area contributed by atoms with Gasteiger partial charge in [-0.05, 0) is 35.7 Å². The second-order valence-electron chi connectivity index (χ2n) is 4.52. The fourth-order valence-corrected chi connectivity index (χ4v) is 2.87. The van der Waals surface area contributed by atoms with Gasteiger partial charge in [-0.15, -0.1) is 11.3 Å². The Kier molecular flexibility index (Phi) is 3.09. The highest BCUT2D eigenvalue weighted by atomic mass is 32.1. The topological polar surface area (TPSA) is 36.1 Å². The zero-order valence-corrected chi connectivity index (χ0v) is 11.4. The van der Waals surface area contributed by atoms with Crippen molar-refractivity contribution in [3.05, 3.63) is 58.4 Å². The maximum atomic E-state index is 12.4. The average Bonchev–Trinajstić information content (AvgIpc) is 3.07. The molecule has 0 aliphatic rings. The third kappa shape index (κ3) is 2.39. The summed E-state index contributed by atoms with van der Waals surface area (Å²) in [5.74, 6) is 0.0523. The molecule has 2 aromatic heterocycles. The molecule has 96 valence electrons. The maximum absolute atomic E-state index is 12.4. The van der Waals surface area contributed by atoms with Crippen molar-refractivity contribution >= 4 is 28.1 Å². The summed E-state index contributed by atoms with van der Waals surface area (Å²) in [4.78, 5) is 18.4. The first-order chi connectivity index (χ1) is 9.24. The van der Waals surface area contributed by atoms with E-state index < -0.39 is 0 Å². The molecule has 0 aliphatic carbocycles. The monoisotopic (exact) mass is 270 g/mol. The highest BCUT2D eigenvalue weighted by Gasteiger charge is 2.13. The number of hydrogen-bond acceptors (Lipinski definition) is 2. The number of aromatic amines is 1. The predicted octanol–water partition coefficient (Wildman–Crippen LogP) is 3.50. The minimum Gasteiger partial charge on any atom is -0.361 e. The molecular weight excluding hydrogens is 256 g/mol. The standard InChI is InChI=1S/C15H14N2OS/c1-17(10-13-3-2-8-19-13)15(18)12-4-5-14-11(9-12)6-7-16-14/h2-9,16H,10H2,1H3. The van der Waals surface area contributed by atoms with E-state index in [1.807, 2.05) is 55.0 Å². The number of hydrogen-bond donors (Lipinski definition) is 1. The van der Waals surface area contributed by atoms with E-state index in [9.17, 15) is 4.79 Å². The molecule has 0 saturated heterocycles. The van der Waals surface area contributed by atoms with Crippen LogP contribution in [0.2, 0.25) is 0 Å². The van der Waals surface area contributed by atoms with E-state index in [0.717, 1.165) is 16.5 Å². The molecule has 0 bridgehead atoms. The second-order valence-corrected chi connectivity index (χ2v) is 5.55. The van der Waals surface area contributed by atoms with Gasteiger partial charge in [0.2, 0.25) is 0 Å². The zero-order valence-electron chi connectivity index (χ0n) is 10.6. The number of fused-ring (bicyclic) bond motifs is 1. The SMILES string of the molecule is CN(Cc1cccs1)C(=O)c1ccc2[nH]ccc2c1. The number of nitrogens with one attached hydrogen (secondary N) is 1. The van der Waals surface area contributed by atoms with E-state index in [-0.39, 0.29) is 5.91 Å². The van der Waals surface area contributed by atoms with Gasteiger partial charge < -0.3 is 9.88 Å². The second kappa shape index (κ2) is 4.90. The average molecular weight is 270 g/mol. The summed E-state index contributed by atoms with van der Waals surface area (Å²) in [5.41, 5.74) is 1.78. The van der Waals surface area contributed by atoms with Crippen LogP contribution in [0.5, 0.6) is 0 Å². The number of H-pyrrole nitrogens is 1. The van der Waals surface area contributed by atoms with Crippen molar-refractivity contribution in [3.8, 4) is 0 Å². The molecule has 0 spiro atoms. The summed E-state index contributed by atoms with van der Waals surface area (Å²) in [5, 5.41) is 3.09. The number of carbonyl (C=O) groups excluding carboxylic acids is 1. The third-order valence-corrected chi connectivity index (χ3v) is 3.98. The molecule has 0 unspecified atom stereocenters. The number of aromatic nitrogens is 1. The zero-order chi connectivity index (χ0) is 13.2. The predicted molar refractivity (Wildman–Crippen MR) is 78.4 cm³/mol. The molecule has 0 radical (unpaired) electrons. The molecule has 0 fully saturated rings. The minimum atomic E-state index is 0.0523. The Bertz CT molecular complexity index is 700. The number of benzene rings is 1. The first kappa shape index (κ1) is 12.0. The molecule has 0 saturated carbocycles. The van der Waals surface area contributed by atoms with E-state index in [0.29, 0.717) is 6.54 Å². The van der Waals surface area contributed by atoms with Crippen LogP contribution in [-0.4, -0.2) is 22.8 Å². The van der Waals surface area contributed by atoms with Gasteiger partial charge in [0.05, 0.1) is 6.54 Å². The quantitative estimate of drug-likeness (QED) is 0.777. The summed E-state index contributed by atoms with van der Waals surface area (Å²) in [6.45, 7) is 0.654. The molecule has 3 aromatic rings. The van der Waals surface area contributed by atoms with Crippen LogP contribution in [0.15, 0.2) is 48.0 Å². The maximum Gasteiger partial charge on any atom is 0.253 e. The Morgan fingerprint density at radius 2 is 2.21 bits per heavy atom. The van der Waals surface area contributed by atoms with Crippen LogP contribution in [0.3, 0.4) is 0 Å². The van der Waals surface area contributed by atoms with Gasteiger partial charge in [-0.25, -0.2) is 0 Å². The van der Waals surface area contributed by atoms with E-state index in [4.69, 9.17) is 0 Å². The third-order valence-electron chi connectivity index (χ3n) is 3.12. The van der Waals surface area contributed by atoms with Crippen LogP contribution in [0.25, 0.3) is 10.9 Å². The number of thiophene rings is 1. The minimum absolute atomic E-state index is 0.0523. The fourth-order valence-electron chi connectivity index (χ4n) is 2.11. The number of carbonyl (C=O) groups is 1. The van der Waals surface area contributed by atoms with Gasteiger partial charge in [-0.1, -0.05) is 6.07 Å². The van der Waals surface area contributed by atoms with Crippen molar-refractivity contribution < 1.29 is 4.79 Å². The lowest BCUT2D eigenvalue weighted by molar-refractivity contribution is 0.0786. The van der Waals surface area contributed by atoms with Gasteiger partial charge in [-0.3, -0.25) is 4.79 Å².